The standard InChI is InChI=1S/C17H18N2O6S/c18-26(24,25)16-5-3-13(10-12(16)7-8-20)19-17(23)6-2-11-1-4-14(21)15(22)9-11/h1-6,9-10,20-22H,7-8H2,(H,19,23)(H2,18,24,25)/b6-2+. The third-order valence-corrected chi connectivity index (χ3v) is 4.45. The van der Waals surface area contributed by atoms with Gasteiger partial charge in [0.2, 0.25) is 15.9 Å². The lowest BCUT2D eigenvalue weighted by Gasteiger charge is -2.10. The molecule has 0 aliphatic rings. The number of phenolic OH excluding ortho intramolecular Hbond substituents is 2. The number of benzene rings is 2. The molecule has 0 saturated carbocycles. The van der Waals surface area contributed by atoms with Gasteiger partial charge in [-0.15, -0.1) is 0 Å². The number of hydrogen-bond donors (Lipinski definition) is 5. The first-order valence-corrected chi connectivity index (χ1v) is 9.03. The predicted octanol–water partition coefficient (Wildman–Crippen LogP) is 0.932. The summed E-state index contributed by atoms with van der Waals surface area (Å²) >= 11 is 0. The Hall–Kier alpha value is -2.88. The molecule has 2 aromatic carbocycles. The maximum Gasteiger partial charge on any atom is 0.248 e. The van der Waals surface area contributed by atoms with Gasteiger partial charge >= 0.3 is 0 Å². The molecule has 0 radical (unpaired) electrons. The molecular weight excluding hydrogens is 360 g/mol. The maximum atomic E-state index is 12.0. The molecule has 8 nitrogen and oxygen atoms in total. The summed E-state index contributed by atoms with van der Waals surface area (Å²) in [7, 11) is -3.94. The van der Waals surface area contributed by atoms with Crippen molar-refractivity contribution in [3.8, 4) is 11.5 Å². The van der Waals surface area contributed by atoms with E-state index in [0.717, 1.165) is 0 Å². The van der Waals surface area contributed by atoms with Crippen LogP contribution in [0.4, 0.5) is 5.69 Å². The van der Waals surface area contributed by atoms with E-state index in [4.69, 9.17) is 10.2 Å². The van der Waals surface area contributed by atoms with Gasteiger partial charge in [-0.3, -0.25) is 4.79 Å². The average Bonchev–Trinajstić information content (AvgIpc) is 2.55. The topological polar surface area (TPSA) is 150 Å². The van der Waals surface area contributed by atoms with Crippen LogP contribution >= 0.6 is 0 Å². The monoisotopic (exact) mass is 378 g/mol. The van der Waals surface area contributed by atoms with Crippen molar-refractivity contribution in [2.75, 3.05) is 11.9 Å². The lowest BCUT2D eigenvalue weighted by Crippen LogP contribution is -2.16. The summed E-state index contributed by atoms with van der Waals surface area (Å²) in [6, 6.07) is 8.17. The molecule has 2 aromatic rings. The van der Waals surface area contributed by atoms with Gasteiger partial charge in [-0.1, -0.05) is 6.07 Å². The predicted molar refractivity (Wildman–Crippen MR) is 96.0 cm³/mol. The molecule has 0 heterocycles. The van der Waals surface area contributed by atoms with E-state index < -0.39 is 15.9 Å². The fraction of sp³-hybridized carbons (Fsp3) is 0.118. The number of aliphatic hydroxyl groups excluding tert-OH is 1. The van der Waals surface area contributed by atoms with Crippen molar-refractivity contribution < 1.29 is 28.5 Å². The number of sulfonamides is 1. The summed E-state index contributed by atoms with van der Waals surface area (Å²) in [6.45, 7) is -0.274. The zero-order valence-electron chi connectivity index (χ0n) is 13.6. The number of primary sulfonamides is 1. The molecule has 0 atom stereocenters. The molecule has 138 valence electrons. The molecule has 26 heavy (non-hydrogen) atoms. The van der Waals surface area contributed by atoms with Gasteiger partial charge in [-0.05, 0) is 54.0 Å². The molecule has 0 fully saturated rings. The van der Waals surface area contributed by atoms with Gasteiger partial charge in [-0.2, -0.15) is 0 Å². The SMILES string of the molecule is NS(=O)(=O)c1ccc(NC(=O)/C=C/c2ccc(O)c(O)c2)cc1CCO. The lowest BCUT2D eigenvalue weighted by molar-refractivity contribution is -0.111. The van der Waals surface area contributed by atoms with Gasteiger partial charge in [0.15, 0.2) is 11.5 Å². The highest BCUT2D eigenvalue weighted by Crippen LogP contribution is 2.25. The number of nitrogens with two attached hydrogens (primary N) is 1. The molecule has 0 bridgehead atoms. The molecule has 0 saturated heterocycles. The summed E-state index contributed by atoms with van der Waals surface area (Å²) in [6.07, 6.45) is 2.71. The second-order valence-electron chi connectivity index (χ2n) is 5.41. The van der Waals surface area contributed by atoms with Crippen molar-refractivity contribution in [1.82, 2.24) is 0 Å². The van der Waals surface area contributed by atoms with E-state index in [2.05, 4.69) is 5.32 Å². The summed E-state index contributed by atoms with van der Waals surface area (Å²) in [5.41, 5.74) is 1.13. The van der Waals surface area contributed by atoms with Crippen molar-refractivity contribution in [3.05, 3.63) is 53.6 Å². The van der Waals surface area contributed by atoms with Gasteiger partial charge in [0.05, 0.1) is 4.90 Å². The Balaban J connectivity index is 2.16. The number of aromatic hydroxyl groups is 2. The minimum absolute atomic E-state index is 0.0676. The van der Waals surface area contributed by atoms with E-state index >= 15 is 0 Å². The smallest absolute Gasteiger partial charge is 0.248 e. The van der Waals surface area contributed by atoms with Crippen LogP contribution in [0.2, 0.25) is 0 Å². The van der Waals surface area contributed by atoms with E-state index in [0.29, 0.717) is 16.8 Å². The number of carbonyl (C=O) groups excluding carboxylic acids is 1. The van der Waals surface area contributed by atoms with Crippen molar-refractivity contribution in [2.45, 2.75) is 11.3 Å². The van der Waals surface area contributed by atoms with Crippen LogP contribution in [0, 0.1) is 0 Å². The van der Waals surface area contributed by atoms with Crippen molar-refractivity contribution in [1.29, 1.82) is 0 Å². The van der Waals surface area contributed by atoms with Crippen molar-refractivity contribution in [2.24, 2.45) is 5.14 Å². The first kappa shape index (κ1) is 19.4. The maximum absolute atomic E-state index is 12.0. The van der Waals surface area contributed by atoms with E-state index in [1.165, 1.54) is 48.6 Å². The molecule has 9 heteroatoms. The largest absolute Gasteiger partial charge is 0.504 e. The van der Waals surface area contributed by atoms with Gasteiger partial charge in [0, 0.05) is 18.4 Å². The third-order valence-electron chi connectivity index (χ3n) is 3.44. The zero-order chi connectivity index (χ0) is 19.3. The highest BCUT2D eigenvalue weighted by Gasteiger charge is 2.14. The van der Waals surface area contributed by atoms with Crippen molar-refractivity contribution in [3.63, 3.8) is 0 Å². The third kappa shape index (κ3) is 5.06. The van der Waals surface area contributed by atoms with Gasteiger partial charge in [-0.25, -0.2) is 13.6 Å². The Morgan fingerprint density at radius 2 is 1.85 bits per heavy atom. The molecule has 0 aliphatic heterocycles. The first-order valence-electron chi connectivity index (χ1n) is 7.48. The van der Waals surface area contributed by atoms with Crippen LogP contribution in [-0.2, 0) is 21.2 Å². The van der Waals surface area contributed by atoms with Crippen LogP contribution in [-0.4, -0.2) is 36.3 Å². The Kier molecular flexibility index (Phi) is 5.98. The van der Waals surface area contributed by atoms with E-state index in [9.17, 15) is 23.4 Å². The van der Waals surface area contributed by atoms with E-state index in [1.807, 2.05) is 0 Å². The number of hydrogen-bond acceptors (Lipinski definition) is 6. The highest BCUT2D eigenvalue weighted by atomic mass is 32.2. The first-order chi connectivity index (χ1) is 12.2. The number of rotatable bonds is 6. The minimum Gasteiger partial charge on any atom is -0.504 e. The van der Waals surface area contributed by atoms with Crippen LogP contribution in [0.3, 0.4) is 0 Å². The van der Waals surface area contributed by atoms with Crippen LogP contribution < -0.4 is 10.5 Å². The summed E-state index contributed by atoms with van der Waals surface area (Å²) < 4.78 is 23.1. The number of nitrogens with one attached hydrogen (secondary N) is 1. The quantitative estimate of drug-likeness (QED) is 0.373. The average molecular weight is 378 g/mol. The molecule has 6 N–H and O–H groups in total. The summed E-state index contributed by atoms with van der Waals surface area (Å²) in [5, 5.41) is 35.4. The summed E-state index contributed by atoms with van der Waals surface area (Å²) in [5.74, 6) is -1.06. The molecule has 0 aliphatic carbocycles. The number of anilines is 1. The van der Waals surface area contributed by atoms with E-state index in [-0.39, 0.29) is 29.4 Å². The number of amides is 1. The Morgan fingerprint density at radius 3 is 2.46 bits per heavy atom. The molecule has 2 rings (SSSR count). The number of phenols is 2. The van der Waals surface area contributed by atoms with Gasteiger partial charge < -0.3 is 20.6 Å². The Bertz CT molecular complexity index is 954. The lowest BCUT2D eigenvalue weighted by atomic mass is 10.1. The van der Waals surface area contributed by atoms with Crippen molar-refractivity contribution >= 4 is 27.7 Å². The fourth-order valence-electron chi connectivity index (χ4n) is 2.25. The zero-order valence-corrected chi connectivity index (χ0v) is 14.4. The fourth-order valence-corrected chi connectivity index (χ4v) is 3.03. The van der Waals surface area contributed by atoms with E-state index in [1.54, 1.807) is 0 Å². The normalized spacial score (nSPS) is 11.6. The second kappa shape index (κ2) is 8.00. The molecule has 0 spiro atoms. The highest BCUT2D eigenvalue weighted by molar-refractivity contribution is 7.89. The van der Waals surface area contributed by atoms with Gasteiger partial charge in [0.25, 0.3) is 0 Å². The molecule has 0 aromatic heterocycles. The second-order valence-corrected chi connectivity index (χ2v) is 6.94. The number of aliphatic hydroxyl groups is 1. The van der Waals surface area contributed by atoms with Crippen LogP contribution in [0.25, 0.3) is 6.08 Å². The Labute approximate surface area is 150 Å². The Morgan fingerprint density at radius 1 is 1.12 bits per heavy atom. The summed E-state index contributed by atoms with van der Waals surface area (Å²) in [4.78, 5) is 11.9. The molecule has 1 amide bonds. The van der Waals surface area contributed by atoms with Crippen LogP contribution in [0.1, 0.15) is 11.1 Å². The minimum atomic E-state index is -3.94. The molecule has 0 unspecified atom stereocenters. The molecular formula is C17H18N2O6S. The van der Waals surface area contributed by atoms with Gasteiger partial charge in [0.1, 0.15) is 0 Å². The van der Waals surface area contributed by atoms with Crippen LogP contribution in [0.5, 0.6) is 11.5 Å². The van der Waals surface area contributed by atoms with Crippen LogP contribution in [0.15, 0.2) is 47.4 Å². The number of carbonyl (C=O) groups is 1.